The van der Waals surface area contributed by atoms with Crippen LogP contribution in [0.4, 0.5) is 0 Å². The van der Waals surface area contributed by atoms with Crippen LogP contribution in [-0.2, 0) is 11.3 Å². The van der Waals surface area contributed by atoms with Crippen LogP contribution in [0.15, 0.2) is 42.7 Å². The van der Waals surface area contributed by atoms with Gasteiger partial charge in [0.2, 0.25) is 0 Å². The topological polar surface area (TPSA) is 69.8 Å². The molecule has 3 aromatic rings. The van der Waals surface area contributed by atoms with Crippen LogP contribution < -0.4 is 0 Å². The van der Waals surface area contributed by atoms with Gasteiger partial charge in [0.25, 0.3) is 0 Å². The molecule has 1 aromatic carbocycles. The molecule has 24 heavy (non-hydrogen) atoms. The maximum absolute atomic E-state index is 5.71. The number of nitrogens with zero attached hydrogens (tertiary/aromatic N) is 3. The van der Waals surface area contributed by atoms with Gasteiger partial charge in [-0.15, -0.1) is 0 Å². The number of aryl methyl sites for hydroxylation is 1. The van der Waals surface area contributed by atoms with E-state index in [1.54, 1.807) is 0 Å². The van der Waals surface area contributed by atoms with Crippen LogP contribution >= 0.6 is 0 Å². The molecule has 0 bridgehead atoms. The predicted octanol–water partition coefficient (Wildman–Crippen LogP) is 2.68. The first-order valence-electron chi connectivity index (χ1n) is 8.22. The van der Waals surface area contributed by atoms with E-state index < -0.39 is 0 Å². The molecule has 0 unspecified atom stereocenters. The second-order valence-corrected chi connectivity index (χ2v) is 6.16. The Morgan fingerprint density at radius 3 is 2.79 bits per heavy atom. The Hall–Kier alpha value is -2.44. The predicted molar refractivity (Wildman–Crippen MR) is 91.3 cm³/mol. The van der Waals surface area contributed by atoms with Crippen LogP contribution in [0.25, 0.3) is 11.3 Å². The van der Waals surface area contributed by atoms with Crippen molar-refractivity contribution in [1.82, 2.24) is 25.3 Å². The quantitative estimate of drug-likeness (QED) is 0.774. The number of rotatable bonds is 4. The molecule has 0 radical (unpaired) electrons. The third-order valence-electron chi connectivity index (χ3n) is 4.59. The van der Waals surface area contributed by atoms with E-state index in [1.165, 1.54) is 11.1 Å². The van der Waals surface area contributed by atoms with Crippen molar-refractivity contribution in [2.75, 3.05) is 19.8 Å². The van der Waals surface area contributed by atoms with Gasteiger partial charge in [-0.05, 0) is 18.1 Å². The number of aromatic amines is 2. The SMILES string of the molecule is Cc1cn[nH]c1[C@H]1COCCN1Cc1cn[nH]c1-c1ccccc1. The van der Waals surface area contributed by atoms with Crippen molar-refractivity contribution in [2.24, 2.45) is 0 Å². The summed E-state index contributed by atoms with van der Waals surface area (Å²) in [4.78, 5) is 2.43. The Balaban J connectivity index is 1.60. The summed E-state index contributed by atoms with van der Waals surface area (Å²) < 4.78 is 5.71. The summed E-state index contributed by atoms with van der Waals surface area (Å²) in [6.45, 7) is 5.23. The van der Waals surface area contributed by atoms with Gasteiger partial charge in [0.1, 0.15) is 0 Å². The zero-order valence-corrected chi connectivity index (χ0v) is 13.7. The van der Waals surface area contributed by atoms with Crippen molar-refractivity contribution in [2.45, 2.75) is 19.5 Å². The summed E-state index contributed by atoms with van der Waals surface area (Å²) in [5.74, 6) is 0. The lowest BCUT2D eigenvalue weighted by Crippen LogP contribution is -2.39. The summed E-state index contributed by atoms with van der Waals surface area (Å²) in [6, 6.07) is 10.5. The molecule has 2 N–H and O–H groups in total. The van der Waals surface area contributed by atoms with Crippen molar-refractivity contribution in [3.05, 3.63) is 59.5 Å². The first-order chi connectivity index (χ1) is 11.8. The van der Waals surface area contributed by atoms with Crippen molar-refractivity contribution in [3.8, 4) is 11.3 Å². The van der Waals surface area contributed by atoms with Crippen LogP contribution in [-0.4, -0.2) is 45.1 Å². The van der Waals surface area contributed by atoms with Crippen molar-refractivity contribution >= 4 is 0 Å². The van der Waals surface area contributed by atoms with Gasteiger partial charge in [0.05, 0.1) is 43.0 Å². The molecule has 1 atom stereocenters. The second kappa shape index (κ2) is 6.59. The Bertz CT molecular complexity index is 795. The summed E-state index contributed by atoms with van der Waals surface area (Å²) >= 11 is 0. The standard InChI is InChI=1S/C18H21N5O/c1-13-9-19-21-17(13)16-12-24-8-7-23(16)11-15-10-20-22-18(15)14-5-3-2-4-6-14/h2-6,9-10,16H,7-8,11-12H2,1H3,(H,19,21)(H,20,22)/t16-/m1/s1. The van der Waals surface area contributed by atoms with Gasteiger partial charge in [0, 0.05) is 18.7 Å². The molecule has 6 nitrogen and oxygen atoms in total. The van der Waals surface area contributed by atoms with E-state index in [-0.39, 0.29) is 6.04 Å². The van der Waals surface area contributed by atoms with E-state index in [9.17, 15) is 0 Å². The van der Waals surface area contributed by atoms with E-state index in [0.29, 0.717) is 6.61 Å². The number of aromatic nitrogens is 4. The largest absolute Gasteiger partial charge is 0.378 e. The highest BCUT2D eigenvalue weighted by Crippen LogP contribution is 2.29. The Morgan fingerprint density at radius 1 is 1.17 bits per heavy atom. The molecule has 4 rings (SSSR count). The van der Waals surface area contributed by atoms with E-state index in [4.69, 9.17) is 4.74 Å². The van der Waals surface area contributed by atoms with Crippen molar-refractivity contribution < 1.29 is 4.74 Å². The molecule has 2 aromatic heterocycles. The highest BCUT2D eigenvalue weighted by atomic mass is 16.5. The lowest BCUT2D eigenvalue weighted by Gasteiger charge is -2.35. The lowest BCUT2D eigenvalue weighted by atomic mass is 10.0. The van der Waals surface area contributed by atoms with Crippen LogP contribution in [0.2, 0.25) is 0 Å². The first-order valence-corrected chi connectivity index (χ1v) is 8.22. The molecule has 0 saturated carbocycles. The molecule has 1 saturated heterocycles. The molecule has 0 amide bonds. The van der Waals surface area contributed by atoms with Gasteiger partial charge in [-0.1, -0.05) is 30.3 Å². The third kappa shape index (κ3) is 2.86. The minimum atomic E-state index is 0.194. The number of hydrogen-bond acceptors (Lipinski definition) is 4. The number of hydrogen-bond donors (Lipinski definition) is 2. The van der Waals surface area contributed by atoms with Crippen LogP contribution in [0, 0.1) is 6.92 Å². The van der Waals surface area contributed by atoms with Crippen LogP contribution in [0.3, 0.4) is 0 Å². The van der Waals surface area contributed by atoms with Gasteiger partial charge >= 0.3 is 0 Å². The van der Waals surface area contributed by atoms with E-state index in [2.05, 4.69) is 44.4 Å². The molecule has 3 heterocycles. The normalized spacial score (nSPS) is 18.8. The molecule has 1 aliphatic heterocycles. The molecular weight excluding hydrogens is 302 g/mol. The lowest BCUT2D eigenvalue weighted by molar-refractivity contribution is -0.0144. The summed E-state index contributed by atoms with van der Waals surface area (Å²) in [6.07, 6.45) is 3.80. The van der Waals surface area contributed by atoms with Gasteiger partial charge in [-0.25, -0.2) is 0 Å². The molecule has 1 aliphatic rings. The fourth-order valence-electron chi connectivity index (χ4n) is 3.29. The third-order valence-corrected chi connectivity index (χ3v) is 4.59. The second-order valence-electron chi connectivity index (χ2n) is 6.16. The maximum Gasteiger partial charge on any atom is 0.0758 e. The average Bonchev–Trinajstić information content (AvgIpc) is 3.25. The summed E-state index contributed by atoms with van der Waals surface area (Å²) in [7, 11) is 0. The zero-order valence-electron chi connectivity index (χ0n) is 13.7. The summed E-state index contributed by atoms with van der Waals surface area (Å²) in [5.41, 5.74) is 5.76. The minimum absolute atomic E-state index is 0.194. The summed E-state index contributed by atoms with van der Waals surface area (Å²) in [5, 5.41) is 14.7. The molecule has 6 heteroatoms. The number of ether oxygens (including phenoxy) is 1. The van der Waals surface area contributed by atoms with Gasteiger partial charge < -0.3 is 4.74 Å². The number of benzene rings is 1. The van der Waals surface area contributed by atoms with Gasteiger partial charge in [0.15, 0.2) is 0 Å². The molecular formula is C18H21N5O. The van der Waals surface area contributed by atoms with E-state index >= 15 is 0 Å². The molecule has 124 valence electrons. The van der Waals surface area contributed by atoms with Crippen molar-refractivity contribution in [1.29, 1.82) is 0 Å². The Labute approximate surface area is 140 Å². The Kier molecular flexibility index (Phi) is 4.15. The fourth-order valence-corrected chi connectivity index (χ4v) is 3.29. The Morgan fingerprint density at radius 2 is 2.00 bits per heavy atom. The van der Waals surface area contributed by atoms with E-state index in [0.717, 1.165) is 36.6 Å². The minimum Gasteiger partial charge on any atom is -0.378 e. The number of nitrogens with one attached hydrogen (secondary N) is 2. The molecule has 0 aliphatic carbocycles. The van der Waals surface area contributed by atoms with Gasteiger partial charge in [-0.2, -0.15) is 10.2 Å². The highest BCUT2D eigenvalue weighted by Gasteiger charge is 2.28. The first kappa shape index (κ1) is 15.1. The van der Waals surface area contributed by atoms with E-state index in [1.807, 2.05) is 30.6 Å². The average molecular weight is 323 g/mol. The zero-order chi connectivity index (χ0) is 16.4. The highest BCUT2D eigenvalue weighted by molar-refractivity contribution is 5.62. The smallest absolute Gasteiger partial charge is 0.0758 e. The van der Waals surface area contributed by atoms with Crippen LogP contribution in [0.1, 0.15) is 22.9 Å². The maximum atomic E-state index is 5.71. The molecule has 1 fully saturated rings. The molecule has 0 spiro atoms. The fraction of sp³-hybridized carbons (Fsp3) is 0.333. The number of morpholine rings is 1. The van der Waals surface area contributed by atoms with Crippen molar-refractivity contribution in [3.63, 3.8) is 0 Å². The number of H-pyrrole nitrogens is 2. The monoisotopic (exact) mass is 323 g/mol. The van der Waals surface area contributed by atoms with Crippen LogP contribution in [0.5, 0.6) is 0 Å². The van der Waals surface area contributed by atoms with Gasteiger partial charge in [-0.3, -0.25) is 15.1 Å².